The molecule has 814 valence electrons. The van der Waals surface area contributed by atoms with Crippen molar-refractivity contribution in [1.29, 1.82) is 43.3 Å². The van der Waals surface area contributed by atoms with Gasteiger partial charge in [0.2, 0.25) is 76.8 Å². The Kier molecular flexibility index (Phi) is 54.4. The molecule has 0 aliphatic carbocycles. The number of anilines is 3. The second kappa shape index (κ2) is 65.6. The summed E-state index contributed by atoms with van der Waals surface area (Å²) in [5.74, 6) is -19.6. The highest BCUT2D eigenvalue weighted by Crippen LogP contribution is 2.21. The summed E-state index contributed by atoms with van der Waals surface area (Å²) in [5.41, 5.74) is 58.2. The van der Waals surface area contributed by atoms with E-state index in [1.54, 1.807) is 68.3 Å². The van der Waals surface area contributed by atoms with Crippen molar-refractivity contribution in [2.45, 2.75) is 215 Å². The van der Waals surface area contributed by atoms with Gasteiger partial charge in [0, 0.05) is 83.5 Å². The van der Waals surface area contributed by atoms with Crippen LogP contribution in [0.3, 0.4) is 0 Å². The molecule has 2 aromatic carbocycles. The lowest BCUT2D eigenvalue weighted by atomic mass is 10.0. The zero-order chi connectivity index (χ0) is 110. The molecule has 13 amide bonds. The van der Waals surface area contributed by atoms with Crippen LogP contribution in [-0.2, 0) is 80.1 Å². The van der Waals surface area contributed by atoms with Crippen LogP contribution in [0.5, 0.6) is 0 Å². The lowest BCUT2D eigenvalue weighted by Crippen LogP contribution is -2.60. The molecular weight excluding hydrogens is 1930 g/mol. The minimum Gasteiger partial charge on any atom is -0.481 e. The predicted octanol–water partition coefficient (Wildman–Crippen LogP) is -10.3. The fourth-order valence-electron chi connectivity index (χ4n) is 14.4. The van der Waals surface area contributed by atoms with Crippen LogP contribution in [0.15, 0.2) is 60.8 Å². The van der Waals surface area contributed by atoms with Gasteiger partial charge in [0.1, 0.15) is 66.5 Å². The SMILES string of the molecule is CC(C)C[C@H](NC(=O)[C@H](Cc1ccccc1)NC(=O)CNC(=O)[C@H](CCC(=O)O)NC(=O)c1ccc(N(C)Cc2cnc3nc(N)nc(N)c3n2)cc1)C(=O)NCC(=O)N[C@@H](CCCNC(=N)N)C(=O)N[C@@H](CCCNC(=N)N)C(=O)N[C@@H](CCCNC(=N)N)C(=O)N[C@@H](CCCNC(=N)N)C(=O)N[C@@H](CCCNC(=N)N)C(=O)N[C@@H](CCCNC(=N)N)C(=O)N[C@@H](CCCNC(=N)N)C(=O)N[C@@H](CCCNC(=N)N)C(=O)O. The monoisotopic (exact) mass is 2080 g/mol. The van der Waals surface area contributed by atoms with E-state index in [2.05, 4.69) is 132 Å². The van der Waals surface area contributed by atoms with E-state index in [-0.39, 0.29) is 215 Å². The van der Waals surface area contributed by atoms with Crippen LogP contribution in [0.1, 0.15) is 157 Å². The molecular formula is C87H144N44O17. The molecule has 0 radical (unpaired) electrons. The number of nitrogens with zero attached hydrogens (tertiary/aromatic N) is 5. The number of hydrogen-bond donors (Lipinski definition) is 41. The van der Waals surface area contributed by atoms with Crippen molar-refractivity contribution in [1.82, 2.24) is 132 Å². The van der Waals surface area contributed by atoms with Crippen LogP contribution in [0.25, 0.3) is 11.2 Å². The van der Waals surface area contributed by atoms with Crippen LogP contribution < -0.4 is 174 Å². The zero-order valence-electron chi connectivity index (χ0n) is 82.6. The van der Waals surface area contributed by atoms with Gasteiger partial charge in [-0.05, 0) is 151 Å². The number of aromatic nitrogens is 4. The van der Waals surface area contributed by atoms with Crippen molar-refractivity contribution < 1.29 is 82.1 Å². The van der Waals surface area contributed by atoms with E-state index in [1.165, 1.54) is 18.3 Å². The van der Waals surface area contributed by atoms with E-state index in [0.29, 0.717) is 16.9 Å². The number of carbonyl (C=O) groups is 15. The molecule has 0 unspecified atom stereocenters. The smallest absolute Gasteiger partial charge is 0.326 e. The summed E-state index contributed by atoms with van der Waals surface area (Å²) in [5, 5.41) is 135. The molecule has 4 aromatic rings. The average molecular weight is 2080 g/mol. The van der Waals surface area contributed by atoms with Crippen molar-refractivity contribution in [3.63, 3.8) is 0 Å². The molecule has 51 N–H and O–H groups in total. The Morgan fingerprint density at radius 1 is 0.351 bits per heavy atom. The molecule has 0 spiro atoms. The Hall–Kier alpha value is -17.5. The Labute approximate surface area is 851 Å². The molecule has 148 heavy (non-hydrogen) atoms. The number of fused-ring (bicyclic) bond motifs is 1. The summed E-state index contributed by atoms with van der Waals surface area (Å²) < 4.78 is 0. The van der Waals surface area contributed by atoms with Crippen LogP contribution in [0, 0.1) is 49.2 Å². The molecule has 0 saturated heterocycles. The molecule has 0 aliphatic rings. The second-order valence-corrected chi connectivity index (χ2v) is 34.5. The number of guanidine groups is 8. The molecule has 2 heterocycles. The highest BCUT2D eigenvalue weighted by atomic mass is 16.4. The standard InChI is InChI=1S/C87H144N44O17/c1-45(2)39-59(128-77(146)60(40-46-15-5-4-6-16-46)119-62(133)43-115-68(137)57(29-30-63(134)135)120-67(136)47-25-27-49(28-26-47)131(3)44-48-41-114-66-64(117-48)65(88)129-87(105)130-66)69(138)116-42-61(132)118-50(17-7-31-106-79(89)90)70(139)121-51(18-8-32-107-80(91)92)71(140)122-52(19-9-33-108-81(93)94)72(141)123-53(20-10-34-109-82(95)96)73(142)124-54(21-11-35-110-83(97)98)74(143)125-55(22-12-36-111-84(99)100)75(144)126-56(23-13-37-112-85(101)102)76(145)127-58(78(147)148)24-14-38-113-86(103)104/h4-6,15-16,25-28,41,45,50-60H,7-14,17-24,29-40,42-44H2,1-3H3,(H,115,137)(H,116,138)(H,118,132)(H,119,133)(H,120,136)(H,121,139)(H,122,140)(H,123,141)(H,124,142)(H,125,143)(H,126,144)(H,127,145)(H,128,146)(H,134,135)(H,147,148)(H4,89,90,106)(H4,91,92,107)(H4,93,94,108)(H4,95,96,109)(H4,97,98,110)(H4,99,100,111)(H4,101,102,112)(H4,103,104,113)(H4,88,105,114,129,130)/t50-,51-,52-,53-,54-,55-,56-,57-,58-,59-,60-/m0/s1. The number of nitrogen functional groups attached to an aromatic ring is 2. The Balaban J connectivity index is 1.64. The second-order valence-electron chi connectivity index (χ2n) is 34.5. The van der Waals surface area contributed by atoms with E-state index < -0.39 is 223 Å². The van der Waals surface area contributed by atoms with E-state index in [9.17, 15) is 67.7 Å². The first-order valence-electron chi connectivity index (χ1n) is 47.4. The molecule has 0 aliphatic heterocycles. The molecule has 0 bridgehead atoms. The third-order valence-corrected chi connectivity index (χ3v) is 21.8. The first-order valence-corrected chi connectivity index (χ1v) is 47.4. The third kappa shape index (κ3) is 49.9. The zero-order valence-corrected chi connectivity index (χ0v) is 82.6. The summed E-state index contributed by atoms with van der Waals surface area (Å²) >= 11 is 0. The first-order chi connectivity index (χ1) is 70.1. The van der Waals surface area contributed by atoms with Gasteiger partial charge in [-0.15, -0.1) is 0 Å². The van der Waals surface area contributed by atoms with Crippen molar-refractivity contribution >= 4 is 165 Å². The fraction of sp³-hybridized carbons (Fsp3) is 0.529. The van der Waals surface area contributed by atoms with Gasteiger partial charge in [-0.2, -0.15) is 9.97 Å². The maximum atomic E-state index is 15.1. The van der Waals surface area contributed by atoms with E-state index in [4.69, 9.17) is 101 Å². The van der Waals surface area contributed by atoms with Gasteiger partial charge in [-0.25, -0.2) is 14.8 Å². The lowest BCUT2D eigenvalue weighted by Gasteiger charge is -2.28. The number of carbonyl (C=O) groups excluding carboxylic acids is 13. The van der Waals surface area contributed by atoms with Crippen molar-refractivity contribution in [3.05, 3.63) is 77.6 Å². The number of carboxylic acids is 2. The number of amides is 13. The number of nitrogens with two attached hydrogens (primary N) is 10. The fourth-order valence-corrected chi connectivity index (χ4v) is 14.4. The van der Waals surface area contributed by atoms with Gasteiger partial charge in [-0.3, -0.25) is 110 Å². The predicted molar refractivity (Wildman–Crippen MR) is 546 cm³/mol. The summed E-state index contributed by atoms with van der Waals surface area (Å²) in [4.78, 5) is 231. The van der Waals surface area contributed by atoms with Gasteiger partial charge >= 0.3 is 11.9 Å². The highest BCUT2D eigenvalue weighted by molar-refractivity contribution is 6.01. The molecule has 0 fully saturated rings. The number of hydrogen-bond acceptors (Lipinski definition) is 30. The lowest BCUT2D eigenvalue weighted by molar-refractivity contribution is -0.142. The summed E-state index contributed by atoms with van der Waals surface area (Å²) in [7, 11) is 1.75. The van der Waals surface area contributed by atoms with Crippen LogP contribution in [0.2, 0.25) is 0 Å². The van der Waals surface area contributed by atoms with Gasteiger partial charge in [-0.1, -0.05) is 44.2 Å². The number of nitrogens with one attached hydrogen (secondary N) is 29. The summed E-state index contributed by atoms with van der Waals surface area (Å²) in [6.45, 7) is 1.61. The molecule has 11 atom stereocenters. The van der Waals surface area contributed by atoms with Crippen molar-refractivity contribution in [3.8, 4) is 0 Å². The maximum Gasteiger partial charge on any atom is 0.326 e. The van der Waals surface area contributed by atoms with E-state index in [0.717, 1.165) is 0 Å². The van der Waals surface area contributed by atoms with Gasteiger partial charge in [0.25, 0.3) is 5.91 Å². The summed E-state index contributed by atoms with van der Waals surface area (Å²) in [6.07, 6.45) is -1.91. The number of aliphatic carboxylic acids is 2. The highest BCUT2D eigenvalue weighted by Gasteiger charge is 2.38. The minimum absolute atomic E-state index is 0.00132. The number of carboxylic acid groups (broad SMARTS) is 2. The van der Waals surface area contributed by atoms with Gasteiger partial charge < -0.3 is 184 Å². The Morgan fingerprint density at radius 2 is 0.655 bits per heavy atom. The van der Waals surface area contributed by atoms with Gasteiger partial charge in [0.15, 0.2) is 64.7 Å². The molecule has 4 rings (SSSR count). The maximum absolute atomic E-state index is 15.1. The third-order valence-electron chi connectivity index (χ3n) is 21.8. The average Bonchev–Trinajstić information content (AvgIpc) is 0.803. The first kappa shape index (κ1) is 123. The van der Waals surface area contributed by atoms with Crippen molar-refractivity contribution in [2.75, 3.05) is 88.9 Å². The van der Waals surface area contributed by atoms with Crippen LogP contribution >= 0.6 is 0 Å². The van der Waals surface area contributed by atoms with Crippen molar-refractivity contribution in [2.24, 2.45) is 51.8 Å². The Morgan fingerprint density at radius 3 is 0.986 bits per heavy atom. The normalized spacial score (nSPS) is 13.0. The van der Waals surface area contributed by atoms with Gasteiger partial charge in [0.05, 0.1) is 31.5 Å². The Bertz CT molecular complexity index is 5220. The molecule has 0 saturated carbocycles. The van der Waals surface area contributed by atoms with Crippen LogP contribution in [-0.4, -0.2) is 306 Å². The number of benzene rings is 2. The van der Waals surface area contributed by atoms with E-state index >= 15 is 14.4 Å². The van der Waals surface area contributed by atoms with E-state index in [1.807, 2.05) is 0 Å². The topological polar surface area (TPSA) is 1050 Å². The molecule has 61 heteroatoms. The molecule has 2 aromatic heterocycles. The number of rotatable bonds is 69. The largest absolute Gasteiger partial charge is 0.481 e. The summed E-state index contributed by atoms with van der Waals surface area (Å²) in [6, 6.07) is -2.83. The van der Waals surface area contributed by atoms with Crippen LogP contribution in [0.4, 0.5) is 17.5 Å². The minimum atomic E-state index is -1.67. The quantitative estimate of drug-likeness (QED) is 0.0111. The molecule has 61 nitrogen and oxygen atoms in total.